The Kier molecular flexibility index (Phi) is 2.94. The first-order valence-corrected chi connectivity index (χ1v) is 5.50. The highest BCUT2D eigenvalue weighted by atomic mass is 79.9. The summed E-state index contributed by atoms with van der Waals surface area (Å²) < 4.78 is -0.00935. The van der Waals surface area contributed by atoms with Gasteiger partial charge in [0.15, 0.2) is 5.78 Å². The molecule has 0 aromatic carbocycles. The van der Waals surface area contributed by atoms with Crippen LogP contribution in [0.1, 0.15) is 13.8 Å². The van der Waals surface area contributed by atoms with Gasteiger partial charge in [-0.25, -0.2) is 0 Å². The smallest absolute Gasteiger partial charge is 0.170 e. The summed E-state index contributed by atoms with van der Waals surface area (Å²) >= 11 is 6.75. The van der Waals surface area contributed by atoms with E-state index in [0.29, 0.717) is 0 Å². The zero-order valence-corrected chi connectivity index (χ0v) is 10.1. The van der Waals surface area contributed by atoms with Crippen molar-refractivity contribution in [2.45, 2.75) is 17.6 Å². The minimum atomic E-state index is -0.446. The Morgan fingerprint density at radius 3 is 2.50 bits per heavy atom. The normalized spacial score (nSPS) is 29.4. The minimum Gasteiger partial charge on any atom is -0.294 e. The van der Waals surface area contributed by atoms with E-state index in [1.165, 1.54) is 0 Å². The molecule has 1 aliphatic rings. The second-order valence-electron chi connectivity index (χ2n) is 3.12. The second-order valence-corrected chi connectivity index (χ2v) is 6.18. The van der Waals surface area contributed by atoms with Gasteiger partial charge in [-0.3, -0.25) is 4.79 Å². The zero-order valence-electron chi connectivity index (χ0n) is 6.97. The topological polar surface area (TPSA) is 17.1 Å². The minimum absolute atomic E-state index is 0.00935. The van der Waals surface area contributed by atoms with Gasteiger partial charge in [-0.2, -0.15) is 0 Å². The Balaban J connectivity index is 3.04. The largest absolute Gasteiger partial charge is 0.294 e. The molecule has 0 saturated heterocycles. The number of ketones is 1. The maximum absolute atomic E-state index is 11.7. The highest BCUT2D eigenvalue weighted by Crippen LogP contribution is 2.38. The van der Waals surface area contributed by atoms with Crippen molar-refractivity contribution in [1.29, 1.82) is 0 Å². The van der Waals surface area contributed by atoms with Gasteiger partial charge in [0.25, 0.3) is 0 Å². The molecule has 0 aromatic rings. The Hall–Kier alpha value is 0.110. The summed E-state index contributed by atoms with van der Waals surface area (Å²) in [6.45, 7) is 3.75. The summed E-state index contributed by atoms with van der Waals surface area (Å²) in [4.78, 5) is 11.7. The summed E-state index contributed by atoms with van der Waals surface area (Å²) in [5.74, 6) is 0.170. The van der Waals surface area contributed by atoms with E-state index in [-0.39, 0.29) is 9.52 Å². The molecule has 66 valence electrons. The SMILES string of the molecule is CC1=CC=CC(C)(C(Br)Br)C1=O. The van der Waals surface area contributed by atoms with Crippen LogP contribution in [0.2, 0.25) is 0 Å². The summed E-state index contributed by atoms with van der Waals surface area (Å²) in [6, 6.07) is 0. The number of rotatable bonds is 1. The molecule has 0 amide bonds. The summed E-state index contributed by atoms with van der Waals surface area (Å²) in [6.07, 6.45) is 5.68. The van der Waals surface area contributed by atoms with Crippen molar-refractivity contribution in [2.75, 3.05) is 0 Å². The highest BCUT2D eigenvalue weighted by Gasteiger charge is 2.37. The number of alkyl halides is 2. The van der Waals surface area contributed by atoms with Crippen LogP contribution >= 0.6 is 31.9 Å². The van der Waals surface area contributed by atoms with Gasteiger partial charge in [0, 0.05) is 0 Å². The van der Waals surface area contributed by atoms with Crippen LogP contribution in [0, 0.1) is 5.41 Å². The second kappa shape index (κ2) is 3.46. The number of carbonyl (C=O) groups excluding carboxylic acids is 1. The molecule has 0 saturated carbocycles. The Morgan fingerprint density at radius 1 is 1.50 bits per heavy atom. The predicted molar refractivity (Wildman–Crippen MR) is 57.7 cm³/mol. The van der Waals surface area contributed by atoms with Crippen LogP contribution in [-0.4, -0.2) is 9.52 Å². The number of allylic oxidation sites excluding steroid dienone is 4. The van der Waals surface area contributed by atoms with Crippen LogP contribution in [0.5, 0.6) is 0 Å². The molecular weight excluding hydrogens is 284 g/mol. The lowest BCUT2D eigenvalue weighted by Gasteiger charge is -2.28. The molecule has 1 nitrogen and oxygen atoms in total. The molecule has 1 rings (SSSR count). The van der Waals surface area contributed by atoms with Crippen molar-refractivity contribution in [3.8, 4) is 0 Å². The molecule has 0 aromatic heterocycles. The fourth-order valence-electron chi connectivity index (χ4n) is 1.14. The van der Waals surface area contributed by atoms with Crippen LogP contribution in [0.4, 0.5) is 0 Å². The molecule has 0 heterocycles. The third-order valence-corrected chi connectivity index (χ3v) is 3.99. The van der Waals surface area contributed by atoms with Crippen LogP contribution < -0.4 is 0 Å². The van der Waals surface area contributed by atoms with Crippen LogP contribution in [-0.2, 0) is 4.79 Å². The van der Waals surface area contributed by atoms with E-state index in [4.69, 9.17) is 0 Å². The van der Waals surface area contributed by atoms with Gasteiger partial charge in [-0.15, -0.1) is 0 Å². The van der Waals surface area contributed by atoms with E-state index >= 15 is 0 Å². The molecule has 0 N–H and O–H groups in total. The quantitative estimate of drug-likeness (QED) is 0.679. The fourth-order valence-corrected chi connectivity index (χ4v) is 1.86. The monoisotopic (exact) mass is 292 g/mol. The van der Waals surface area contributed by atoms with Gasteiger partial charge in [-0.1, -0.05) is 50.1 Å². The number of Topliss-reactive ketones (excluding diaryl/α,β-unsaturated/α-hetero) is 1. The average Bonchev–Trinajstić information content (AvgIpc) is 2.00. The maximum Gasteiger partial charge on any atom is 0.170 e. The standard InChI is InChI=1S/C9H10Br2O/c1-6-4-3-5-9(2,7(6)12)8(10)11/h3-5,8H,1-2H3. The Bertz CT molecular complexity index is 266. The molecule has 0 bridgehead atoms. The first-order chi connectivity index (χ1) is 5.48. The summed E-state index contributed by atoms with van der Waals surface area (Å²) in [7, 11) is 0. The molecule has 1 unspecified atom stereocenters. The van der Waals surface area contributed by atoms with E-state index in [1.54, 1.807) is 0 Å². The van der Waals surface area contributed by atoms with Crippen molar-refractivity contribution in [2.24, 2.45) is 5.41 Å². The average molecular weight is 294 g/mol. The Labute approximate surface area is 89.2 Å². The fraction of sp³-hybridized carbons (Fsp3) is 0.444. The van der Waals surface area contributed by atoms with Crippen molar-refractivity contribution in [1.82, 2.24) is 0 Å². The number of hydrogen-bond acceptors (Lipinski definition) is 1. The number of hydrogen-bond donors (Lipinski definition) is 0. The lowest BCUT2D eigenvalue weighted by molar-refractivity contribution is -0.121. The van der Waals surface area contributed by atoms with Gasteiger partial charge >= 0.3 is 0 Å². The van der Waals surface area contributed by atoms with Crippen LogP contribution in [0.15, 0.2) is 23.8 Å². The van der Waals surface area contributed by atoms with E-state index in [2.05, 4.69) is 31.9 Å². The molecule has 1 atom stereocenters. The highest BCUT2D eigenvalue weighted by molar-refractivity contribution is 9.24. The van der Waals surface area contributed by atoms with E-state index < -0.39 is 5.41 Å². The summed E-state index contributed by atoms with van der Waals surface area (Å²) in [5.41, 5.74) is 0.364. The van der Waals surface area contributed by atoms with Crippen molar-refractivity contribution in [3.63, 3.8) is 0 Å². The molecule has 12 heavy (non-hydrogen) atoms. The van der Waals surface area contributed by atoms with Gasteiger partial charge in [-0.05, 0) is 19.4 Å². The first kappa shape index (κ1) is 10.2. The lowest BCUT2D eigenvalue weighted by atomic mass is 9.81. The maximum atomic E-state index is 11.7. The third kappa shape index (κ3) is 1.57. The zero-order chi connectivity index (χ0) is 9.35. The first-order valence-electron chi connectivity index (χ1n) is 3.67. The van der Waals surface area contributed by atoms with Gasteiger partial charge in [0.1, 0.15) is 0 Å². The molecular formula is C9H10Br2O. The van der Waals surface area contributed by atoms with Gasteiger partial charge in [0.05, 0.1) is 9.15 Å². The molecule has 0 aliphatic heterocycles. The molecule has 0 spiro atoms. The van der Waals surface area contributed by atoms with Gasteiger partial charge in [0.2, 0.25) is 0 Å². The van der Waals surface area contributed by atoms with E-state index in [9.17, 15) is 4.79 Å². The number of halogens is 2. The van der Waals surface area contributed by atoms with Crippen molar-refractivity contribution >= 4 is 37.6 Å². The summed E-state index contributed by atoms with van der Waals surface area (Å²) in [5, 5.41) is 0. The van der Waals surface area contributed by atoms with Crippen LogP contribution in [0.25, 0.3) is 0 Å². The third-order valence-electron chi connectivity index (χ3n) is 2.09. The predicted octanol–water partition coefficient (Wildman–Crippen LogP) is 3.19. The number of carbonyl (C=O) groups is 1. The Morgan fingerprint density at radius 2 is 2.08 bits per heavy atom. The van der Waals surface area contributed by atoms with Crippen LogP contribution in [0.3, 0.4) is 0 Å². The molecule has 0 radical (unpaired) electrons. The van der Waals surface area contributed by atoms with Crippen molar-refractivity contribution in [3.05, 3.63) is 23.8 Å². The van der Waals surface area contributed by atoms with E-state index in [0.717, 1.165) is 5.57 Å². The molecule has 0 fully saturated rings. The molecule has 3 heteroatoms. The molecule has 1 aliphatic carbocycles. The lowest BCUT2D eigenvalue weighted by Crippen LogP contribution is -2.33. The van der Waals surface area contributed by atoms with E-state index in [1.807, 2.05) is 32.1 Å². The van der Waals surface area contributed by atoms with Gasteiger partial charge < -0.3 is 0 Å². The van der Waals surface area contributed by atoms with Crippen molar-refractivity contribution < 1.29 is 4.79 Å².